The van der Waals surface area contributed by atoms with Gasteiger partial charge in [-0.05, 0) is 32.4 Å². The van der Waals surface area contributed by atoms with Crippen LogP contribution in [0.5, 0.6) is 0 Å². The van der Waals surface area contributed by atoms with Gasteiger partial charge in [0.2, 0.25) is 0 Å². The molecular formula is C12H18N4. The van der Waals surface area contributed by atoms with Crippen LogP contribution in [0, 0.1) is 6.92 Å². The number of nitrogens with zero attached hydrogens (tertiary/aromatic N) is 4. The smallest absolute Gasteiger partial charge is 0.0919 e. The summed E-state index contributed by atoms with van der Waals surface area (Å²) in [6, 6.07) is 2.17. The lowest BCUT2D eigenvalue weighted by molar-refractivity contribution is 0.316. The van der Waals surface area contributed by atoms with E-state index in [2.05, 4.69) is 47.9 Å². The van der Waals surface area contributed by atoms with Crippen molar-refractivity contribution >= 4 is 11.4 Å². The molecule has 16 heavy (non-hydrogen) atoms. The predicted octanol–water partition coefficient (Wildman–Crippen LogP) is 2.14. The van der Waals surface area contributed by atoms with Crippen molar-refractivity contribution in [2.75, 3.05) is 6.54 Å². The number of hydrogen-bond acceptors (Lipinski definition) is 3. The second-order valence-corrected chi connectivity index (χ2v) is 4.26. The Labute approximate surface area is 96.3 Å². The summed E-state index contributed by atoms with van der Waals surface area (Å²) in [5.41, 5.74) is 4.67. The van der Waals surface area contributed by atoms with Crippen LogP contribution in [0.4, 0.5) is 0 Å². The monoisotopic (exact) mass is 218 g/mol. The predicted molar refractivity (Wildman–Crippen MR) is 66.8 cm³/mol. The average Bonchev–Trinajstić information content (AvgIpc) is 2.57. The number of hydrazone groups is 2. The molecule has 1 aliphatic rings. The molecular weight excluding hydrogens is 200 g/mol. The van der Waals surface area contributed by atoms with Crippen LogP contribution in [0.25, 0.3) is 0 Å². The molecule has 2 heterocycles. The molecule has 0 saturated heterocycles. The van der Waals surface area contributed by atoms with Crippen LogP contribution in [0.15, 0.2) is 22.5 Å². The van der Waals surface area contributed by atoms with Crippen LogP contribution >= 0.6 is 0 Å². The Kier molecular flexibility index (Phi) is 2.81. The highest BCUT2D eigenvalue weighted by atomic mass is 15.7. The summed E-state index contributed by atoms with van der Waals surface area (Å²) in [7, 11) is 2.06. The van der Waals surface area contributed by atoms with Gasteiger partial charge in [0.25, 0.3) is 0 Å². The number of rotatable bonds is 2. The van der Waals surface area contributed by atoms with Crippen molar-refractivity contribution in [2.24, 2.45) is 17.3 Å². The average molecular weight is 218 g/mol. The SMILES string of the molecule is CCN1N=C(C)CC(c2cc(C)cn2C)=N1. The molecule has 0 radical (unpaired) electrons. The molecule has 0 spiro atoms. The van der Waals surface area contributed by atoms with E-state index in [1.165, 1.54) is 11.3 Å². The largest absolute Gasteiger partial charge is 0.349 e. The lowest BCUT2D eigenvalue weighted by Crippen LogP contribution is -2.24. The van der Waals surface area contributed by atoms with Crippen molar-refractivity contribution in [2.45, 2.75) is 27.2 Å². The molecule has 0 unspecified atom stereocenters. The van der Waals surface area contributed by atoms with Gasteiger partial charge in [-0.3, -0.25) is 0 Å². The lowest BCUT2D eigenvalue weighted by Gasteiger charge is -2.20. The second kappa shape index (κ2) is 4.12. The Balaban J connectivity index is 2.35. The topological polar surface area (TPSA) is 32.9 Å². The molecule has 4 nitrogen and oxygen atoms in total. The molecule has 0 amide bonds. The molecule has 0 saturated carbocycles. The van der Waals surface area contributed by atoms with Crippen molar-refractivity contribution < 1.29 is 0 Å². The third kappa shape index (κ3) is 2.01. The van der Waals surface area contributed by atoms with Gasteiger partial charge in [-0.15, -0.1) is 0 Å². The van der Waals surface area contributed by atoms with Crippen molar-refractivity contribution in [1.29, 1.82) is 0 Å². The zero-order chi connectivity index (χ0) is 11.7. The van der Waals surface area contributed by atoms with E-state index >= 15 is 0 Å². The van der Waals surface area contributed by atoms with Gasteiger partial charge in [0.05, 0.1) is 18.0 Å². The highest BCUT2D eigenvalue weighted by Crippen LogP contribution is 2.14. The van der Waals surface area contributed by atoms with E-state index < -0.39 is 0 Å². The quantitative estimate of drug-likeness (QED) is 0.748. The van der Waals surface area contributed by atoms with Gasteiger partial charge in [0.1, 0.15) is 0 Å². The van der Waals surface area contributed by atoms with Crippen molar-refractivity contribution in [3.05, 3.63) is 23.5 Å². The van der Waals surface area contributed by atoms with Gasteiger partial charge >= 0.3 is 0 Å². The first-order chi connectivity index (χ1) is 7.60. The molecule has 0 fully saturated rings. The molecule has 0 atom stereocenters. The zero-order valence-electron chi connectivity index (χ0n) is 10.4. The first kappa shape index (κ1) is 10.9. The molecule has 1 aromatic heterocycles. The molecule has 2 rings (SSSR count). The number of aryl methyl sites for hydroxylation is 2. The maximum absolute atomic E-state index is 4.54. The Morgan fingerprint density at radius 1 is 1.31 bits per heavy atom. The lowest BCUT2D eigenvalue weighted by atomic mass is 10.1. The number of aromatic nitrogens is 1. The molecule has 1 aromatic rings. The van der Waals surface area contributed by atoms with Gasteiger partial charge in [0, 0.05) is 25.4 Å². The normalized spacial score (nSPS) is 16.1. The van der Waals surface area contributed by atoms with Crippen LogP contribution in [0.3, 0.4) is 0 Å². The molecule has 0 N–H and O–H groups in total. The molecule has 0 bridgehead atoms. The first-order valence-electron chi connectivity index (χ1n) is 5.62. The Bertz CT molecular complexity index is 454. The minimum Gasteiger partial charge on any atom is -0.349 e. The highest BCUT2D eigenvalue weighted by Gasteiger charge is 2.15. The summed E-state index contributed by atoms with van der Waals surface area (Å²) in [6.07, 6.45) is 2.96. The van der Waals surface area contributed by atoms with Crippen LogP contribution in [0.2, 0.25) is 0 Å². The van der Waals surface area contributed by atoms with E-state index in [-0.39, 0.29) is 0 Å². The van der Waals surface area contributed by atoms with Gasteiger partial charge in [-0.25, -0.2) is 0 Å². The summed E-state index contributed by atoms with van der Waals surface area (Å²) in [6.45, 7) is 7.02. The third-order valence-corrected chi connectivity index (χ3v) is 2.67. The van der Waals surface area contributed by atoms with Crippen molar-refractivity contribution in [1.82, 2.24) is 9.69 Å². The maximum Gasteiger partial charge on any atom is 0.0919 e. The molecule has 0 aromatic carbocycles. The first-order valence-corrected chi connectivity index (χ1v) is 5.62. The highest BCUT2D eigenvalue weighted by molar-refractivity contribution is 6.11. The van der Waals surface area contributed by atoms with E-state index in [1.807, 2.05) is 6.92 Å². The fourth-order valence-electron chi connectivity index (χ4n) is 1.97. The van der Waals surface area contributed by atoms with E-state index in [9.17, 15) is 0 Å². The van der Waals surface area contributed by atoms with Gasteiger partial charge in [-0.1, -0.05) is 0 Å². The van der Waals surface area contributed by atoms with Gasteiger partial charge < -0.3 is 4.57 Å². The summed E-state index contributed by atoms with van der Waals surface area (Å²) in [5, 5.41) is 10.7. The van der Waals surface area contributed by atoms with E-state index in [4.69, 9.17) is 0 Å². The summed E-state index contributed by atoms with van der Waals surface area (Å²) in [5.74, 6) is 0. The molecule has 4 heteroatoms. The summed E-state index contributed by atoms with van der Waals surface area (Å²) >= 11 is 0. The van der Waals surface area contributed by atoms with Crippen molar-refractivity contribution in [3.8, 4) is 0 Å². The van der Waals surface area contributed by atoms with Crippen LogP contribution < -0.4 is 0 Å². The second-order valence-electron chi connectivity index (χ2n) is 4.26. The van der Waals surface area contributed by atoms with E-state index in [1.54, 1.807) is 5.12 Å². The van der Waals surface area contributed by atoms with Gasteiger partial charge in [-0.2, -0.15) is 15.3 Å². The van der Waals surface area contributed by atoms with E-state index in [0.717, 1.165) is 24.4 Å². The summed E-state index contributed by atoms with van der Waals surface area (Å²) < 4.78 is 2.13. The fraction of sp³-hybridized carbons (Fsp3) is 0.500. The third-order valence-electron chi connectivity index (χ3n) is 2.67. The standard InChI is InChI=1S/C12H18N4/c1-5-16-13-10(3)7-11(14-16)12-6-9(2)8-15(12)4/h6,8H,5,7H2,1-4H3. The maximum atomic E-state index is 4.54. The molecule has 1 aliphatic heterocycles. The Hall–Kier alpha value is -1.58. The van der Waals surface area contributed by atoms with Crippen molar-refractivity contribution in [3.63, 3.8) is 0 Å². The molecule has 0 aliphatic carbocycles. The van der Waals surface area contributed by atoms with Crippen LogP contribution in [-0.2, 0) is 7.05 Å². The van der Waals surface area contributed by atoms with Crippen LogP contribution in [-0.4, -0.2) is 27.7 Å². The van der Waals surface area contributed by atoms with Gasteiger partial charge in [0.15, 0.2) is 0 Å². The summed E-state index contributed by atoms with van der Waals surface area (Å²) in [4.78, 5) is 0. The fourth-order valence-corrected chi connectivity index (χ4v) is 1.97. The van der Waals surface area contributed by atoms with Crippen LogP contribution in [0.1, 0.15) is 31.5 Å². The number of hydrogen-bond donors (Lipinski definition) is 0. The Morgan fingerprint density at radius 3 is 2.62 bits per heavy atom. The molecule has 86 valence electrons. The minimum atomic E-state index is 0.810. The zero-order valence-corrected chi connectivity index (χ0v) is 10.4. The Morgan fingerprint density at radius 2 is 2.06 bits per heavy atom. The minimum absolute atomic E-state index is 0.810. The van der Waals surface area contributed by atoms with E-state index in [0.29, 0.717) is 0 Å².